The molecule has 2 bridgehead atoms. The van der Waals surface area contributed by atoms with Crippen LogP contribution >= 0.6 is 0 Å². The Balaban J connectivity index is 0.000000286. The molecule has 0 aromatic heterocycles. The number of hydrogen-bond donors (Lipinski definition) is 1. The normalized spacial score (nSPS) is 27.0. The average Bonchev–Trinajstić information content (AvgIpc) is 2.40. The molecule has 0 radical (unpaired) electrons. The number of carboxylic acid groups (broad SMARTS) is 1. The molecule has 0 aliphatic carbocycles. The molecule has 0 spiro atoms. The van der Waals surface area contributed by atoms with Gasteiger partial charge in [0.05, 0.1) is 0 Å². The van der Waals surface area contributed by atoms with Crippen molar-refractivity contribution in [3.63, 3.8) is 0 Å². The highest BCUT2D eigenvalue weighted by Gasteiger charge is 2.35. The predicted octanol–water partition coefficient (Wildman–Crippen LogP) is 2.19. The number of ether oxygens (including phenoxy) is 1. The van der Waals surface area contributed by atoms with Crippen molar-refractivity contribution in [2.24, 2.45) is 5.92 Å². The van der Waals surface area contributed by atoms with E-state index in [9.17, 15) is 9.59 Å². The van der Waals surface area contributed by atoms with E-state index in [-0.39, 0.29) is 17.8 Å². The van der Waals surface area contributed by atoms with Gasteiger partial charge in [0.1, 0.15) is 0 Å². The van der Waals surface area contributed by atoms with Crippen molar-refractivity contribution in [1.82, 2.24) is 4.90 Å². The quantitative estimate of drug-likeness (QED) is 0.634. The van der Waals surface area contributed by atoms with E-state index in [4.69, 9.17) is 9.84 Å². The maximum atomic E-state index is 11.3. The number of carboxylic acids is 1. The molecule has 1 atom stereocenters. The fraction of sp³-hybridized carbons (Fsp3) is 0.600. The number of nitrogens with zero attached hydrogens (tertiary/aromatic N) is 1. The van der Waals surface area contributed by atoms with Crippen molar-refractivity contribution in [3.8, 4) is 0 Å². The van der Waals surface area contributed by atoms with Crippen molar-refractivity contribution in [3.05, 3.63) is 24.3 Å². The van der Waals surface area contributed by atoms with Crippen LogP contribution in [0.3, 0.4) is 0 Å². The number of carbonyl (C=O) groups excluding carboxylic acids is 1. The molecule has 20 heavy (non-hydrogen) atoms. The number of aliphatic carboxylic acids is 1. The first-order chi connectivity index (χ1) is 9.31. The number of esters is 1. The number of carbonyl (C=O) groups is 2. The second-order valence-corrected chi connectivity index (χ2v) is 5.44. The predicted molar refractivity (Wildman–Crippen MR) is 76.1 cm³/mol. The summed E-state index contributed by atoms with van der Waals surface area (Å²) in [6, 6.07) is 0. The Morgan fingerprint density at radius 2 is 1.65 bits per heavy atom. The molecule has 3 saturated heterocycles. The van der Waals surface area contributed by atoms with Crippen LogP contribution in [0.5, 0.6) is 0 Å². The standard InChI is InChI=1S/C11H17NO2.C4H6O2/c1-8(2)11(13)14-10-7-9-3-5-12(10)6-4-9;1-3(2)4(5)6/h9-10H,1,3-7H2,2H3;1H2,2H3,(H,5,6). The molecule has 5 nitrogen and oxygen atoms in total. The van der Waals surface area contributed by atoms with Gasteiger partial charge in [0, 0.05) is 30.7 Å². The summed E-state index contributed by atoms with van der Waals surface area (Å²) in [5.41, 5.74) is 0.669. The van der Waals surface area contributed by atoms with Crippen LogP contribution < -0.4 is 0 Å². The summed E-state index contributed by atoms with van der Waals surface area (Å²) >= 11 is 0. The van der Waals surface area contributed by atoms with Crippen molar-refractivity contribution in [2.45, 2.75) is 39.3 Å². The second-order valence-electron chi connectivity index (χ2n) is 5.44. The van der Waals surface area contributed by atoms with Crippen LogP contribution in [-0.4, -0.2) is 41.3 Å². The number of rotatable bonds is 3. The third-order valence-corrected chi connectivity index (χ3v) is 3.55. The van der Waals surface area contributed by atoms with Gasteiger partial charge in [0.2, 0.25) is 0 Å². The topological polar surface area (TPSA) is 66.8 Å². The van der Waals surface area contributed by atoms with Gasteiger partial charge < -0.3 is 9.84 Å². The Morgan fingerprint density at radius 3 is 1.95 bits per heavy atom. The summed E-state index contributed by atoms with van der Waals surface area (Å²) in [6.45, 7) is 12.0. The zero-order chi connectivity index (χ0) is 15.3. The molecule has 0 aromatic carbocycles. The van der Waals surface area contributed by atoms with Crippen LogP contribution in [0, 0.1) is 5.92 Å². The fourth-order valence-corrected chi connectivity index (χ4v) is 2.26. The van der Waals surface area contributed by atoms with E-state index in [2.05, 4.69) is 18.1 Å². The van der Waals surface area contributed by atoms with Crippen molar-refractivity contribution >= 4 is 11.9 Å². The maximum Gasteiger partial charge on any atom is 0.334 e. The van der Waals surface area contributed by atoms with Crippen molar-refractivity contribution in [2.75, 3.05) is 13.1 Å². The van der Waals surface area contributed by atoms with E-state index >= 15 is 0 Å². The Morgan fingerprint density at radius 1 is 1.15 bits per heavy atom. The Bertz CT molecular complexity index is 396. The van der Waals surface area contributed by atoms with Crippen molar-refractivity contribution in [1.29, 1.82) is 0 Å². The van der Waals surface area contributed by atoms with E-state index in [0.717, 1.165) is 25.4 Å². The third-order valence-electron chi connectivity index (χ3n) is 3.55. The van der Waals surface area contributed by atoms with Gasteiger partial charge >= 0.3 is 11.9 Å². The van der Waals surface area contributed by atoms with E-state index in [1.807, 2.05) is 0 Å². The lowest BCUT2D eigenvalue weighted by Crippen LogP contribution is -2.50. The second kappa shape index (κ2) is 7.24. The van der Waals surface area contributed by atoms with E-state index < -0.39 is 5.97 Å². The Hall–Kier alpha value is -1.62. The zero-order valence-electron chi connectivity index (χ0n) is 12.2. The smallest absolute Gasteiger partial charge is 0.334 e. The summed E-state index contributed by atoms with van der Waals surface area (Å²) in [6.07, 6.45) is 3.56. The monoisotopic (exact) mass is 281 g/mol. The summed E-state index contributed by atoms with van der Waals surface area (Å²) in [5, 5.41) is 7.89. The lowest BCUT2D eigenvalue weighted by Gasteiger charge is -2.44. The molecular weight excluding hydrogens is 258 g/mol. The van der Waals surface area contributed by atoms with Gasteiger partial charge in [-0.05, 0) is 32.6 Å². The van der Waals surface area contributed by atoms with Gasteiger partial charge in [-0.1, -0.05) is 13.2 Å². The highest BCUT2D eigenvalue weighted by molar-refractivity contribution is 5.87. The zero-order valence-corrected chi connectivity index (χ0v) is 12.2. The highest BCUT2D eigenvalue weighted by Crippen LogP contribution is 2.32. The molecule has 3 fully saturated rings. The summed E-state index contributed by atoms with van der Waals surface area (Å²) in [5.74, 6) is -0.416. The summed E-state index contributed by atoms with van der Waals surface area (Å²) in [7, 11) is 0. The van der Waals surface area contributed by atoms with Crippen LogP contribution in [0.15, 0.2) is 24.3 Å². The minimum absolute atomic E-state index is 0.0201. The largest absolute Gasteiger partial charge is 0.478 e. The maximum absolute atomic E-state index is 11.3. The van der Waals surface area contributed by atoms with E-state index in [1.54, 1.807) is 6.92 Å². The van der Waals surface area contributed by atoms with Gasteiger partial charge in [0.15, 0.2) is 6.23 Å². The van der Waals surface area contributed by atoms with Crippen molar-refractivity contribution < 1.29 is 19.4 Å². The molecule has 0 aromatic rings. The summed E-state index contributed by atoms with van der Waals surface area (Å²) in [4.78, 5) is 23.2. The minimum Gasteiger partial charge on any atom is -0.478 e. The van der Waals surface area contributed by atoms with Crippen LogP contribution in [0.25, 0.3) is 0 Å². The number of fused-ring (bicyclic) bond motifs is 3. The van der Waals surface area contributed by atoms with Gasteiger partial charge in [-0.15, -0.1) is 0 Å². The third kappa shape index (κ3) is 4.81. The van der Waals surface area contributed by atoms with Gasteiger partial charge in [0.25, 0.3) is 0 Å². The molecule has 112 valence electrons. The molecular formula is C15H23NO4. The molecule has 3 aliphatic heterocycles. The molecule has 3 aliphatic rings. The molecule has 1 N–H and O–H groups in total. The summed E-state index contributed by atoms with van der Waals surface area (Å²) < 4.78 is 5.37. The lowest BCUT2D eigenvalue weighted by molar-refractivity contribution is -0.165. The Kier molecular flexibility index (Phi) is 5.95. The SMILES string of the molecule is C=C(C)C(=O)O.C=C(C)C(=O)OC1CC2CCN1CC2. The van der Waals surface area contributed by atoms with Gasteiger partial charge in [-0.25, -0.2) is 9.59 Å². The van der Waals surface area contributed by atoms with E-state index in [0.29, 0.717) is 5.57 Å². The molecule has 3 heterocycles. The number of hydrogen-bond acceptors (Lipinski definition) is 4. The van der Waals surface area contributed by atoms with Crippen LogP contribution in [-0.2, 0) is 14.3 Å². The molecule has 5 heteroatoms. The van der Waals surface area contributed by atoms with E-state index in [1.165, 1.54) is 19.8 Å². The van der Waals surface area contributed by atoms with Crippen LogP contribution in [0.4, 0.5) is 0 Å². The average molecular weight is 281 g/mol. The van der Waals surface area contributed by atoms with Gasteiger partial charge in [-0.2, -0.15) is 0 Å². The van der Waals surface area contributed by atoms with Crippen LogP contribution in [0.2, 0.25) is 0 Å². The first-order valence-corrected chi connectivity index (χ1v) is 6.80. The molecule has 0 amide bonds. The number of piperidine rings is 3. The fourth-order valence-electron chi connectivity index (χ4n) is 2.26. The van der Waals surface area contributed by atoms with Crippen LogP contribution in [0.1, 0.15) is 33.1 Å². The first-order valence-electron chi connectivity index (χ1n) is 6.80. The Labute approximate surface area is 119 Å². The lowest BCUT2D eigenvalue weighted by atomic mass is 9.87. The molecule has 3 rings (SSSR count). The molecule has 1 unspecified atom stereocenters. The first kappa shape index (κ1) is 16.4. The van der Waals surface area contributed by atoms with Gasteiger partial charge in [-0.3, -0.25) is 4.90 Å². The minimum atomic E-state index is -0.935. The highest BCUT2D eigenvalue weighted by atomic mass is 16.6. The molecule has 0 saturated carbocycles.